The fourth-order valence-corrected chi connectivity index (χ4v) is 4.11. The van der Waals surface area contributed by atoms with Gasteiger partial charge in [0.2, 0.25) is 11.8 Å². The van der Waals surface area contributed by atoms with Gasteiger partial charge in [-0.3, -0.25) is 9.59 Å². The van der Waals surface area contributed by atoms with Gasteiger partial charge in [-0.2, -0.15) is 0 Å². The number of aliphatic hydroxyl groups is 1. The number of rotatable bonds is 3. The molecule has 1 spiro atoms. The van der Waals surface area contributed by atoms with Crippen molar-refractivity contribution in [1.29, 1.82) is 0 Å². The Bertz CT molecular complexity index is 439. The predicted octanol–water partition coefficient (Wildman–Crippen LogP) is -0.289. The average molecular weight is 295 g/mol. The maximum Gasteiger partial charge on any atom is 0.248 e. The van der Waals surface area contributed by atoms with E-state index in [9.17, 15) is 14.7 Å². The molecular formula is C15H25N3O3. The van der Waals surface area contributed by atoms with Gasteiger partial charge < -0.3 is 20.2 Å². The summed E-state index contributed by atoms with van der Waals surface area (Å²) in [4.78, 5) is 28.7. The van der Waals surface area contributed by atoms with E-state index in [1.165, 1.54) is 0 Å². The SMILES string of the molecule is CC1N(C(C(=O)N2CCCC2)[C@@H](C)O)C(=O)C12CCCN2. The van der Waals surface area contributed by atoms with Gasteiger partial charge >= 0.3 is 0 Å². The fourth-order valence-electron chi connectivity index (χ4n) is 4.11. The minimum absolute atomic E-state index is 0.0223. The molecule has 0 saturated carbocycles. The number of amides is 2. The molecule has 4 atom stereocenters. The number of nitrogens with zero attached hydrogens (tertiary/aromatic N) is 2. The third kappa shape index (κ3) is 2.07. The molecular weight excluding hydrogens is 270 g/mol. The molecule has 3 heterocycles. The Kier molecular flexibility index (Phi) is 3.69. The van der Waals surface area contributed by atoms with Crippen molar-refractivity contribution in [2.75, 3.05) is 19.6 Å². The van der Waals surface area contributed by atoms with Crippen LogP contribution < -0.4 is 5.32 Å². The van der Waals surface area contributed by atoms with Crippen LogP contribution in [0.3, 0.4) is 0 Å². The summed E-state index contributed by atoms with van der Waals surface area (Å²) in [5, 5.41) is 13.4. The molecule has 2 N–H and O–H groups in total. The van der Waals surface area contributed by atoms with E-state index in [1.807, 2.05) is 6.92 Å². The van der Waals surface area contributed by atoms with Crippen LogP contribution in [-0.2, 0) is 9.59 Å². The topological polar surface area (TPSA) is 72.9 Å². The number of likely N-dealkylation sites (tertiary alicyclic amines) is 2. The molecule has 3 aliphatic rings. The van der Waals surface area contributed by atoms with Gasteiger partial charge in [-0.1, -0.05) is 0 Å². The molecule has 3 unspecified atom stereocenters. The summed E-state index contributed by atoms with van der Waals surface area (Å²) in [5.74, 6) is -0.124. The Morgan fingerprint density at radius 3 is 2.52 bits per heavy atom. The average Bonchev–Trinajstić information content (AvgIpc) is 3.13. The van der Waals surface area contributed by atoms with Gasteiger partial charge in [0.15, 0.2) is 0 Å². The van der Waals surface area contributed by atoms with Crippen LogP contribution in [0.25, 0.3) is 0 Å². The maximum absolute atomic E-state index is 12.7. The number of hydrogen-bond acceptors (Lipinski definition) is 4. The lowest BCUT2D eigenvalue weighted by Gasteiger charge is -2.56. The van der Waals surface area contributed by atoms with Crippen LogP contribution in [0, 0.1) is 0 Å². The molecule has 118 valence electrons. The molecule has 21 heavy (non-hydrogen) atoms. The quantitative estimate of drug-likeness (QED) is 0.702. The third-order valence-electron chi connectivity index (χ3n) is 5.36. The largest absolute Gasteiger partial charge is 0.391 e. The van der Waals surface area contributed by atoms with E-state index in [2.05, 4.69) is 5.32 Å². The molecule has 3 rings (SSSR count). The van der Waals surface area contributed by atoms with Crippen LogP contribution in [0.1, 0.15) is 39.5 Å². The van der Waals surface area contributed by atoms with E-state index in [4.69, 9.17) is 0 Å². The lowest BCUT2D eigenvalue weighted by Crippen LogP contribution is -2.80. The summed E-state index contributed by atoms with van der Waals surface area (Å²) in [6.45, 7) is 5.91. The van der Waals surface area contributed by atoms with E-state index in [-0.39, 0.29) is 17.9 Å². The minimum atomic E-state index is -0.844. The second kappa shape index (κ2) is 5.25. The van der Waals surface area contributed by atoms with Crippen LogP contribution in [0.2, 0.25) is 0 Å². The number of β-lactam (4-membered cyclic amide) rings is 1. The molecule has 0 aliphatic carbocycles. The Hall–Kier alpha value is -1.14. The van der Waals surface area contributed by atoms with Crippen LogP contribution in [0.5, 0.6) is 0 Å². The van der Waals surface area contributed by atoms with Crippen molar-refractivity contribution in [2.24, 2.45) is 0 Å². The first-order valence-corrected chi connectivity index (χ1v) is 8.04. The smallest absolute Gasteiger partial charge is 0.248 e. The van der Waals surface area contributed by atoms with E-state index >= 15 is 0 Å². The van der Waals surface area contributed by atoms with Crippen molar-refractivity contribution in [3.05, 3.63) is 0 Å². The van der Waals surface area contributed by atoms with Gasteiger partial charge in [0.25, 0.3) is 0 Å². The van der Waals surface area contributed by atoms with Gasteiger partial charge in [-0.25, -0.2) is 0 Å². The normalized spacial score (nSPS) is 35.2. The fraction of sp³-hybridized carbons (Fsp3) is 0.867. The molecule has 0 aromatic rings. The maximum atomic E-state index is 12.7. The molecule has 0 radical (unpaired) electrons. The van der Waals surface area contributed by atoms with Crippen LogP contribution in [0.4, 0.5) is 0 Å². The lowest BCUT2D eigenvalue weighted by molar-refractivity contribution is -0.176. The number of carbonyl (C=O) groups is 2. The first kappa shape index (κ1) is 14.8. The highest BCUT2D eigenvalue weighted by Crippen LogP contribution is 2.40. The van der Waals surface area contributed by atoms with Gasteiger partial charge in [0.1, 0.15) is 11.6 Å². The number of nitrogens with one attached hydrogen (secondary N) is 1. The highest BCUT2D eigenvalue weighted by molar-refractivity contribution is 5.98. The van der Waals surface area contributed by atoms with Crippen molar-refractivity contribution in [2.45, 2.75) is 63.3 Å². The summed E-state index contributed by atoms with van der Waals surface area (Å²) < 4.78 is 0. The van der Waals surface area contributed by atoms with Crippen LogP contribution in [-0.4, -0.2) is 70.1 Å². The monoisotopic (exact) mass is 295 g/mol. The molecule has 3 saturated heterocycles. The summed E-state index contributed by atoms with van der Waals surface area (Å²) in [6.07, 6.45) is 2.99. The third-order valence-corrected chi connectivity index (χ3v) is 5.36. The van der Waals surface area contributed by atoms with E-state index < -0.39 is 17.7 Å². The van der Waals surface area contributed by atoms with Crippen molar-refractivity contribution in [1.82, 2.24) is 15.1 Å². The van der Waals surface area contributed by atoms with Crippen molar-refractivity contribution < 1.29 is 14.7 Å². The minimum Gasteiger partial charge on any atom is -0.391 e. The number of hydrogen-bond donors (Lipinski definition) is 2. The lowest BCUT2D eigenvalue weighted by atomic mass is 9.76. The molecule has 3 aliphatic heterocycles. The zero-order valence-corrected chi connectivity index (χ0v) is 12.8. The zero-order chi connectivity index (χ0) is 15.2. The number of carbonyl (C=O) groups excluding carboxylic acids is 2. The Balaban J connectivity index is 1.79. The highest BCUT2D eigenvalue weighted by atomic mass is 16.3. The Morgan fingerprint density at radius 1 is 1.38 bits per heavy atom. The van der Waals surface area contributed by atoms with Gasteiger partial charge in [0.05, 0.1) is 12.1 Å². The van der Waals surface area contributed by atoms with Gasteiger partial charge in [-0.05, 0) is 46.1 Å². The second-order valence-corrected chi connectivity index (χ2v) is 6.61. The van der Waals surface area contributed by atoms with Crippen LogP contribution in [0.15, 0.2) is 0 Å². The van der Waals surface area contributed by atoms with Crippen molar-refractivity contribution in [3.8, 4) is 0 Å². The molecule has 0 aromatic carbocycles. The summed E-state index contributed by atoms with van der Waals surface area (Å²) in [5.41, 5.74) is -0.488. The predicted molar refractivity (Wildman–Crippen MR) is 77.6 cm³/mol. The Labute approximate surface area is 125 Å². The molecule has 3 fully saturated rings. The standard InChI is InChI=1S/C15H25N3O3/c1-10(19)12(13(20)17-8-3-4-9-17)18-11(2)15(14(18)21)6-5-7-16-15/h10-12,16,19H,3-9H2,1-2H3/t10-,11?,12?,15?/m1/s1. The van der Waals surface area contributed by atoms with Gasteiger partial charge in [0, 0.05) is 13.1 Å². The van der Waals surface area contributed by atoms with E-state index in [0.717, 1.165) is 45.3 Å². The van der Waals surface area contributed by atoms with E-state index in [1.54, 1.807) is 16.7 Å². The first-order chi connectivity index (χ1) is 9.99. The van der Waals surface area contributed by atoms with Crippen molar-refractivity contribution in [3.63, 3.8) is 0 Å². The molecule has 2 amide bonds. The highest BCUT2D eigenvalue weighted by Gasteiger charge is 2.62. The Morgan fingerprint density at radius 2 is 2.05 bits per heavy atom. The zero-order valence-electron chi connectivity index (χ0n) is 12.8. The van der Waals surface area contributed by atoms with E-state index in [0.29, 0.717) is 0 Å². The first-order valence-electron chi connectivity index (χ1n) is 8.04. The molecule has 6 nitrogen and oxygen atoms in total. The number of aliphatic hydroxyl groups excluding tert-OH is 1. The second-order valence-electron chi connectivity index (χ2n) is 6.61. The van der Waals surface area contributed by atoms with Crippen molar-refractivity contribution >= 4 is 11.8 Å². The summed E-state index contributed by atoms with van der Waals surface area (Å²) in [6, 6.07) is -0.780. The summed E-state index contributed by atoms with van der Waals surface area (Å²) >= 11 is 0. The van der Waals surface area contributed by atoms with Gasteiger partial charge in [-0.15, -0.1) is 0 Å². The molecule has 0 bridgehead atoms. The van der Waals surface area contributed by atoms with Crippen LogP contribution >= 0.6 is 0 Å². The molecule has 0 aromatic heterocycles. The molecule has 6 heteroatoms. The summed E-state index contributed by atoms with van der Waals surface area (Å²) in [7, 11) is 0.